The van der Waals surface area contributed by atoms with Crippen LogP contribution in [-0.4, -0.2) is 10.9 Å². The zero-order valence-corrected chi connectivity index (χ0v) is 15.4. The van der Waals surface area contributed by atoms with E-state index in [1.807, 2.05) is 31.2 Å². The van der Waals surface area contributed by atoms with Gasteiger partial charge in [0.1, 0.15) is 5.82 Å². The highest BCUT2D eigenvalue weighted by atomic mass is 32.1. The Kier molecular flexibility index (Phi) is 5.75. The van der Waals surface area contributed by atoms with Crippen LogP contribution in [0.3, 0.4) is 0 Å². The second-order valence-corrected chi connectivity index (χ2v) is 7.11. The summed E-state index contributed by atoms with van der Waals surface area (Å²) in [6.45, 7) is 4.80. The Morgan fingerprint density at radius 1 is 1.15 bits per heavy atom. The number of benzene rings is 2. The molecule has 26 heavy (non-hydrogen) atoms. The Morgan fingerprint density at radius 2 is 1.85 bits per heavy atom. The second kappa shape index (κ2) is 8.21. The highest BCUT2D eigenvalue weighted by Crippen LogP contribution is 2.18. The molecular formula is C20H20FN3OS. The molecule has 0 fully saturated rings. The van der Waals surface area contributed by atoms with Crippen LogP contribution in [0.4, 0.5) is 10.1 Å². The molecule has 0 aliphatic rings. The topological polar surface area (TPSA) is 54.0 Å². The summed E-state index contributed by atoms with van der Waals surface area (Å²) >= 11 is 1.65. The predicted molar refractivity (Wildman–Crippen MR) is 103 cm³/mol. The van der Waals surface area contributed by atoms with Crippen LogP contribution in [0.1, 0.15) is 39.6 Å². The number of nitrogens with one attached hydrogen (secondary N) is 2. The molecule has 6 heteroatoms. The summed E-state index contributed by atoms with van der Waals surface area (Å²) in [6.07, 6.45) is 0. The quantitative estimate of drug-likeness (QED) is 0.662. The normalized spacial score (nSPS) is 12.0. The van der Waals surface area contributed by atoms with Crippen molar-refractivity contribution >= 4 is 22.9 Å². The van der Waals surface area contributed by atoms with Crippen LogP contribution in [0.5, 0.6) is 0 Å². The Labute approximate surface area is 156 Å². The molecule has 0 spiro atoms. The molecule has 134 valence electrons. The van der Waals surface area contributed by atoms with Gasteiger partial charge < -0.3 is 10.6 Å². The molecule has 4 nitrogen and oxygen atoms in total. The number of aromatic nitrogens is 1. The molecule has 1 atom stereocenters. The number of rotatable bonds is 6. The number of amides is 1. The van der Waals surface area contributed by atoms with Crippen molar-refractivity contribution in [2.24, 2.45) is 0 Å². The molecule has 1 aromatic heterocycles. The summed E-state index contributed by atoms with van der Waals surface area (Å²) in [7, 11) is 0. The zero-order chi connectivity index (χ0) is 18.5. The van der Waals surface area contributed by atoms with E-state index in [-0.39, 0.29) is 17.8 Å². The number of aryl methyl sites for hydroxylation is 1. The highest BCUT2D eigenvalue weighted by molar-refractivity contribution is 7.09. The molecule has 0 bridgehead atoms. The molecule has 1 heterocycles. The number of hydrogen-bond acceptors (Lipinski definition) is 4. The lowest BCUT2D eigenvalue weighted by Gasteiger charge is -2.14. The molecule has 0 saturated carbocycles. The molecular weight excluding hydrogens is 349 g/mol. The minimum absolute atomic E-state index is 0.166. The van der Waals surface area contributed by atoms with E-state index in [9.17, 15) is 9.18 Å². The number of anilines is 1. The Balaban J connectivity index is 1.57. The van der Waals surface area contributed by atoms with Crippen LogP contribution < -0.4 is 10.6 Å². The predicted octanol–water partition coefficient (Wildman–Crippen LogP) is 4.69. The van der Waals surface area contributed by atoms with Crippen LogP contribution in [0.15, 0.2) is 53.9 Å². The van der Waals surface area contributed by atoms with Gasteiger partial charge in [-0.1, -0.05) is 12.1 Å². The van der Waals surface area contributed by atoms with Gasteiger partial charge in [0, 0.05) is 29.2 Å². The lowest BCUT2D eigenvalue weighted by atomic mass is 10.1. The molecule has 0 radical (unpaired) electrons. The first-order valence-corrected chi connectivity index (χ1v) is 9.20. The maximum atomic E-state index is 12.9. The number of hydrogen-bond donors (Lipinski definition) is 2. The minimum Gasteiger partial charge on any atom is -0.322 e. The summed E-state index contributed by atoms with van der Waals surface area (Å²) in [5.41, 5.74) is 3.29. The van der Waals surface area contributed by atoms with Crippen LogP contribution in [0.25, 0.3) is 0 Å². The van der Waals surface area contributed by atoms with Crippen molar-refractivity contribution in [1.82, 2.24) is 10.3 Å². The minimum atomic E-state index is -0.361. The first-order valence-electron chi connectivity index (χ1n) is 8.32. The number of carbonyl (C=O) groups is 1. The third-order valence-corrected chi connectivity index (χ3v) is 4.85. The third kappa shape index (κ3) is 4.74. The summed E-state index contributed by atoms with van der Waals surface area (Å²) < 4.78 is 12.9. The van der Waals surface area contributed by atoms with Crippen LogP contribution in [0.2, 0.25) is 0 Å². The van der Waals surface area contributed by atoms with Crippen molar-refractivity contribution in [3.8, 4) is 0 Å². The monoisotopic (exact) mass is 369 g/mol. The van der Waals surface area contributed by atoms with Crippen LogP contribution in [0, 0.1) is 12.7 Å². The van der Waals surface area contributed by atoms with Crippen LogP contribution >= 0.6 is 11.3 Å². The number of thiazole rings is 1. The Bertz CT molecular complexity index is 875. The molecule has 3 aromatic rings. The summed E-state index contributed by atoms with van der Waals surface area (Å²) in [4.78, 5) is 16.6. The first-order chi connectivity index (χ1) is 12.5. The molecule has 2 N–H and O–H groups in total. The van der Waals surface area contributed by atoms with E-state index in [1.165, 1.54) is 24.3 Å². The summed E-state index contributed by atoms with van der Waals surface area (Å²) in [5, 5.41) is 9.38. The molecule has 1 amide bonds. The standard InChI is InChI=1S/C20H20FN3OS/c1-13(22-11-19-12-26-14(2)23-19)15-5-9-18(10-6-15)24-20(25)16-3-7-17(21)8-4-16/h3-10,12-13,22H,11H2,1-2H3,(H,24,25)/t13-/m1/s1. The number of halogens is 1. The average molecular weight is 369 g/mol. The van der Waals surface area contributed by atoms with Gasteiger partial charge in [-0.25, -0.2) is 9.37 Å². The van der Waals surface area contributed by atoms with E-state index in [4.69, 9.17) is 0 Å². The van der Waals surface area contributed by atoms with Gasteiger partial charge in [0.05, 0.1) is 10.7 Å². The van der Waals surface area contributed by atoms with Gasteiger partial charge in [-0.15, -0.1) is 11.3 Å². The maximum Gasteiger partial charge on any atom is 0.255 e. The third-order valence-electron chi connectivity index (χ3n) is 4.03. The number of carbonyl (C=O) groups excluding carboxylic acids is 1. The van der Waals surface area contributed by atoms with E-state index >= 15 is 0 Å². The number of nitrogens with zero attached hydrogens (tertiary/aromatic N) is 1. The molecule has 0 aliphatic carbocycles. The van der Waals surface area contributed by atoms with Gasteiger partial charge >= 0.3 is 0 Å². The summed E-state index contributed by atoms with van der Waals surface area (Å²) in [6, 6.07) is 13.3. The SMILES string of the molecule is Cc1nc(CN[C@H](C)c2ccc(NC(=O)c3ccc(F)cc3)cc2)cs1. The van der Waals surface area contributed by atoms with Gasteiger partial charge in [-0.2, -0.15) is 0 Å². The van der Waals surface area contributed by atoms with Crippen molar-refractivity contribution in [3.05, 3.63) is 81.6 Å². The fourth-order valence-electron chi connectivity index (χ4n) is 2.52. The van der Waals surface area contributed by atoms with Crippen molar-refractivity contribution in [2.75, 3.05) is 5.32 Å². The molecule has 0 aliphatic heterocycles. The summed E-state index contributed by atoms with van der Waals surface area (Å²) in [5.74, 6) is -0.622. The van der Waals surface area contributed by atoms with Gasteiger partial charge in [-0.05, 0) is 55.8 Å². The van der Waals surface area contributed by atoms with Crippen molar-refractivity contribution < 1.29 is 9.18 Å². The second-order valence-electron chi connectivity index (χ2n) is 6.04. The zero-order valence-electron chi connectivity index (χ0n) is 14.6. The van der Waals surface area contributed by atoms with Crippen molar-refractivity contribution in [1.29, 1.82) is 0 Å². The van der Waals surface area contributed by atoms with E-state index in [0.29, 0.717) is 17.8 Å². The van der Waals surface area contributed by atoms with E-state index in [1.54, 1.807) is 11.3 Å². The molecule has 2 aromatic carbocycles. The van der Waals surface area contributed by atoms with Gasteiger partial charge in [0.25, 0.3) is 5.91 Å². The molecule has 3 rings (SSSR count). The van der Waals surface area contributed by atoms with E-state index in [0.717, 1.165) is 16.3 Å². The Morgan fingerprint density at radius 3 is 2.46 bits per heavy atom. The van der Waals surface area contributed by atoms with E-state index < -0.39 is 0 Å². The van der Waals surface area contributed by atoms with Gasteiger partial charge in [0.2, 0.25) is 0 Å². The lowest BCUT2D eigenvalue weighted by Crippen LogP contribution is -2.18. The molecule has 0 unspecified atom stereocenters. The van der Waals surface area contributed by atoms with E-state index in [2.05, 4.69) is 27.9 Å². The smallest absolute Gasteiger partial charge is 0.255 e. The molecule has 0 saturated heterocycles. The fourth-order valence-corrected chi connectivity index (χ4v) is 3.14. The Hall–Kier alpha value is -2.57. The largest absolute Gasteiger partial charge is 0.322 e. The van der Waals surface area contributed by atoms with Crippen molar-refractivity contribution in [3.63, 3.8) is 0 Å². The van der Waals surface area contributed by atoms with Crippen molar-refractivity contribution in [2.45, 2.75) is 26.4 Å². The first kappa shape index (κ1) is 18.2. The fraction of sp³-hybridized carbons (Fsp3) is 0.200. The highest BCUT2D eigenvalue weighted by Gasteiger charge is 2.09. The van der Waals surface area contributed by atoms with Gasteiger partial charge in [-0.3, -0.25) is 4.79 Å². The average Bonchev–Trinajstić information content (AvgIpc) is 3.06. The maximum absolute atomic E-state index is 12.9. The van der Waals surface area contributed by atoms with Gasteiger partial charge in [0.15, 0.2) is 0 Å². The van der Waals surface area contributed by atoms with Crippen LogP contribution in [-0.2, 0) is 6.54 Å². The lowest BCUT2D eigenvalue weighted by molar-refractivity contribution is 0.102.